The quantitative estimate of drug-likeness (QED) is 0.706. The number of hydrogen-bond acceptors (Lipinski definition) is 6. The Morgan fingerprint density at radius 2 is 1.87 bits per heavy atom. The predicted octanol–water partition coefficient (Wildman–Crippen LogP) is 0.574. The van der Waals surface area contributed by atoms with Crippen LogP contribution in [-0.2, 0) is 31.9 Å². The maximum Gasteiger partial charge on any atom is 0.312 e. The van der Waals surface area contributed by atoms with Crippen molar-refractivity contribution in [3.8, 4) is 0 Å². The summed E-state index contributed by atoms with van der Waals surface area (Å²) in [5, 5.41) is 2.37. The summed E-state index contributed by atoms with van der Waals surface area (Å²) in [6, 6.07) is 0. The number of thiazole rings is 1. The Labute approximate surface area is 91.0 Å². The van der Waals surface area contributed by atoms with E-state index in [1.165, 1.54) is 25.6 Å². The van der Waals surface area contributed by atoms with Gasteiger partial charge in [-0.2, -0.15) is 0 Å². The third-order valence-electron chi connectivity index (χ3n) is 1.68. The summed E-state index contributed by atoms with van der Waals surface area (Å²) in [4.78, 5) is 25.9. The first-order chi connectivity index (χ1) is 7.15. The fraction of sp³-hybridized carbons (Fsp3) is 0.444. The van der Waals surface area contributed by atoms with Crippen LogP contribution in [-0.4, -0.2) is 31.1 Å². The average molecular weight is 229 g/mol. The van der Waals surface area contributed by atoms with E-state index in [1.54, 1.807) is 5.38 Å². The van der Waals surface area contributed by atoms with Crippen LogP contribution in [0, 0.1) is 0 Å². The van der Waals surface area contributed by atoms with E-state index in [1.807, 2.05) is 0 Å². The summed E-state index contributed by atoms with van der Waals surface area (Å²) in [5.74, 6) is -0.682. The summed E-state index contributed by atoms with van der Waals surface area (Å²) in [6.07, 6.45) is 0.274. The van der Waals surface area contributed by atoms with Gasteiger partial charge in [-0.1, -0.05) is 0 Å². The number of hydrogen-bond donors (Lipinski definition) is 0. The predicted molar refractivity (Wildman–Crippen MR) is 53.6 cm³/mol. The molecule has 0 aliphatic carbocycles. The zero-order valence-electron chi connectivity index (χ0n) is 8.48. The molecule has 0 aliphatic rings. The Kier molecular flexibility index (Phi) is 4.23. The molecule has 0 saturated carbocycles. The van der Waals surface area contributed by atoms with Crippen LogP contribution in [0.5, 0.6) is 0 Å². The zero-order chi connectivity index (χ0) is 11.3. The van der Waals surface area contributed by atoms with Crippen molar-refractivity contribution in [3.05, 3.63) is 16.1 Å². The van der Waals surface area contributed by atoms with E-state index in [9.17, 15) is 9.59 Å². The molecule has 0 fully saturated rings. The van der Waals surface area contributed by atoms with Gasteiger partial charge >= 0.3 is 11.9 Å². The molecular weight excluding hydrogens is 218 g/mol. The number of aromatic nitrogens is 1. The second-order valence-electron chi connectivity index (χ2n) is 2.74. The van der Waals surface area contributed by atoms with E-state index >= 15 is 0 Å². The molecule has 0 radical (unpaired) electrons. The number of esters is 2. The van der Waals surface area contributed by atoms with Gasteiger partial charge in [-0.3, -0.25) is 9.59 Å². The first kappa shape index (κ1) is 11.6. The molecule has 82 valence electrons. The van der Waals surface area contributed by atoms with Crippen molar-refractivity contribution in [2.75, 3.05) is 14.2 Å². The molecule has 0 spiro atoms. The van der Waals surface area contributed by atoms with E-state index in [4.69, 9.17) is 0 Å². The maximum absolute atomic E-state index is 10.9. The van der Waals surface area contributed by atoms with Crippen molar-refractivity contribution in [3.63, 3.8) is 0 Å². The molecule has 0 N–H and O–H groups in total. The molecule has 0 unspecified atom stereocenters. The minimum Gasteiger partial charge on any atom is -0.469 e. The van der Waals surface area contributed by atoms with E-state index in [2.05, 4.69) is 14.5 Å². The van der Waals surface area contributed by atoms with Gasteiger partial charge < -0.3 is 9.47 Å². The monoisotopic (exact) mass is 229 g/mol. The Balaban J connectivity index is 2.56. The number of rotatable bonds is 4. The lowest BCUT2D eigenvalue weighted by molar-refractivity contribution is -0.140. The van der Waals surface area contributed by atoms with Gasteiger partial charge in [-0.25, -0.2) is 4.98 Å². The molecule has 1 aromatic rings. The molecule has 15 heavy (non-hydrogen) atoms. The molecule has 6 heteroatoms. The van der Waals surface area contributed by atoms with Crippen molar-refractivity contribution in [1.82, 2.24) is 4.98 Å². The van der Waals surface area contributed by atoms with Crippen LogP contribution in [0.25, 0.3) is 0 Å². The minimum absolute atomic E-state index is 0.133. The van der Waals surface area contributed by atoms with E-state index in [0.717, 1.165) is 0 Å². The summed E-state index contributed by atoms with van der Waals surface area (Å²) in [7, 11) is 2.65. The number of carbonyl (C=O) groups excluding carboxylic acids is 2. The van der Waals surface area contributed by atoms with Crippen molar-refractivity contribution < 1.29 is 19.1 Å². The fourth-order valence-electron chi connectivity index (χ4n) is 0.927. The molecule has 0 amide bonds. The van der Waals surface area contributed by atoms with Crippen LogP contribution < -0.4 is 0 Å². The van der Waals surface area contributed by atoms with Gasteiger partial charge in [-0.15, -0.1) is 11.3 Å². The fourth-order valence-corrected chi connectivity index (χ4v) is 1.71. The summed E-state index contributed by atoms with van der Waals surface area (Å²) in [6.45, 7) is 0. The Morgan fingerprint density at radius 3 is 2.47 bits per heavy atom. The van der Waals surface area contributed by atoms with Gasteiger partial charge in [0, 0.05) is 5.38 Å². The lowest BCUT2D eigenvalue weighted by atomic mass is 10.3. The molecule has 0 saturated heterocycles. The molecule has 0 atom stereocenters. The van der Waals surface area contributed by atoms with Gasteiger partial charge in [0.15, 0.2) is 0 Å². The SMILES string of the molecule is COC(=O)Cc1csc(CC(=O)OC)n1. The Hall–Kier alpha value is -1.43. The number of ether oxygens (including phenoxy) is 2. The second kappa shape index (κ2) is 5.45. The van der Waals surface area contributed by atoms with E-state index < -0.39 is 0 Å². The largest absolute Gasteiger partial charge is 0.469 e. The van der Waals surface area contributed by atoms with E-state index in [0.29, 0.717) is 10.7 Å². The lowest BCUT2D eigenvalue weighted by Crippen LogP contribution is -2.06. The first-order valence-electron chi connectivity index (χ1n) is 4.22. The summed E-state index contributed by atoms with van der Waals surface area (Å²) < 4.78 is 9.00. The zero-order valence-corrected chi connectivity index (χ0v) is 9.30. The number of carbonyl (C=O) groups is 2. The smallest absolute Gasteiger partial charge is 0.312 e. The third-order valence-corrected chi connectivity index (χ3v) is 2.57. The summed E-state index contributed by atoms with van der Waals surface area (Å²) >= 11 is 1.33. The molecular formula is C9H11NO4S. The average Bonchev–Trinajstić information content (AvgIpc) is 2.65. The number of nitrogens with zero attached hydrogens (tertiary/aromatic N) is 1. The van der Waals surface area contributed by atoms with Gasteiger partial charge in [0.1, 0.15) is 5.01 Å². The third kappa shape index (κ3) is 3.67. The van der Waals surface area contributed by atoms with Crippen molar-refractivity contribution >= 4 is 23.3 Å². The normalized spacial score (nSPS) is 9.73. The molecule has 5 nitrogen and oxygen atoms in total. The molecule has 0 aromatic carbocycles. The van der Waals surface area contributed by atoms with Crippen LogP contribution in [0.15, 0.2) is 5.38 Å². The van der Waals surface area contributed by atoms with Crippen molar-refractivity contribution in [2.45, 2.75) is 12.8 Å². The van der Waals surface area contributed by atoms with Crippen LogP contribution in [0.2, 0.25) is 0 Å². The van der Waals surface area contributed by atoms with Gasteiger partial charge in [-0.05, 0) is 0 Å². The second-order valence-corrected chi connectivity index (χ2v) is 3.68. The minimum atomic E-state index is -0.343. The van der Waals surface area contributed by atoms with E-state index in [-0.39, 0.29) is 24.8 Å². The number of methoxy groups -OCH3 is 2. The molecule has 0 bridgehead atoms. The highest BCUT2D eigenvalue weighted by molar-refractivity contribution is 7.09. The highest BCUT2D eigenvalue weighted by Gasteiger charge is 2.10. The van der Waals surface area contributed by atoms with Crippen LogP contribution in [0.1, 0.15) is 10.7 Å². The highest BCUT2D eigenvalue weighted by atomic mass is 32.1. The first-order valence-corrected chi connectivity index (χ1v) is 5.10. The topological polar surface area (TPSA) is 65.5 Å². The van der Waals surface area contributed by atoms with Gasteiger partial charge in [0.2, 0.25) is 0 Å². The van der Waals surface area contributed by atoms with Gasteiger partial charge in [0.05, 0.1) is 32.8 Å². The maximum atomic E-state index is 10.9. The van der Waals surface area contributed by atoms with Crippen molar-refractivity contribution in [1.29, 1.82) is 0 Å². The lowest BCUT2D eigenvalue weighted by Gasteiger charge is -1.95. The summed E-state index contributed by atoms with van der Waals surface area (Å²) in [5.41, 5.74) is 0.616. The van der Waals surface area contributed by atoms with Gasteiger partial charge in [0.25, 0.3) is 0 Å². The standard InChI is InChI=1S/C9H11NO4S/c1-13-8(11)3-6-5-15-7(10-6)4-9(12)14-2/h5H,3-4H2,1-2H3. The van der Waals surface area contributed by atoms with Crippen molar-refractivity contribution in [2.24, 2.45) is 0 Å². The Bertz CT molecular complexity index is 328. The van der Waals surface area contributed by atoms with Crippen LogP contribution in [0.3, 0.4) is 0 Å². The highest BCUT2D eigenvalue weighted by Crippen LogP contribution is 2.11. The van der Waals surface area contributed by atoms with Crippen LogP contribution >= 0.6 is 11.3 Å². The molecule has 0 aliphatic heterocycles. The molecule has 1 heterocycles. The Morgan fingerprint density at radius 1 is 1.27 bits per heavy atom. The molecule has 1 rings (SSSR count). The van der Waals surface area contributed by atoms with Crippen LogP contribution in [0.4, 0.5) is 0 Å². The molecule has 1 aromatic heterocycles.